The van der Waals surface area contributed by atoms with Crippen molar-refractivity contribution in [2.24, 2.45) is 0 Å². The summed E-state index contributed by atoms with van der Waals surface area (Å²) in [6.45, 7) is 0.742. The first-order chi connectivity index (χ1) is 15.4. The van der Waals surface area contributed by atoms with Crippen LogP contribution in [0.15, 0.2) is 97.3 Å². The van der Waals surface area contributed by atoms with Crippen LogP contribution in [-0.4, -0.2) is 19.1 Å². The van der Waals surface area contributed by atoms with Crippen molar-refractivity contribution in [3.63, 3.8) is 0 Å². The van der Waals surface area contributed by atoms with E-state index in [2.05, 4.69) is 91.5 Å². The average Bonchev–Trinajstić information content (AvgIpc) is 3.46. The van der Waals surface area contributed by atoms with Crippen molar-refractivity contribution in [3.8, 4) is 22.8 Å². The summed E-state index contributed by atoms with van der Waals surface area (Å²) in [5.74, 6) is 1.15. The lowest BCUT2D eigenvalue weighted by atomic mass is 10.2. The van der Waals surface area contributed by atoms with Crippen molar-refractivity contribution in [2.75, 3.05) is 0 Å². The van der Waals surface area contributed by atoms with Gasteiger partial charge in [-0.15, -0.1) is 0 Å². The van der Waals surface area contributed by atoms with E-state index in [0.29, 0.717) is 0 Å². The van der Waals surface area contributed by atoms with Gasteiger partial charge in [0.25, 0.3) is 11.5 Å². The number of hydrogen-bond acceptors (Lipinski definition) is 2. The van der Waals surface area contributed by atoms with E-state index < -0.39 is 0 Å². The van der Waals surface area contributed by atoms with Crippen LogP contribution < -0.4 is 4.57 Å². The van der Waals surface area contributed by atoms with Gasteiger partial charge in [0.2, 0.25) is 5.52 Å². The van der Waals surface area contributed by atoms with Gasteiger partial charge in [-0.25, -0.2) is 9.55 Å². The first-order valence-corrected chi connectivity index (χ1v) is 10.4. The third kappa shape index (κ3) is 2.17. The maximum absolute atomic E-state index is 4.83. The zero-order chi connectivity index (χ0) is 20.4. The van der Waals surface area contributed by atoms with Crippen LogP contribution in [0.4, 0.5) is 0 Å². The zero-order valence-corrected chi connectivity index (χ0v) is 16.7. The minimum absolute atomic E-state index is 0.742. The third-order valence-corrected chi connectivity index (χ3v) is 6.09. The fourth-order valence-corrected chi connectivity index (χ4v) is 4.86. The number of benzene rings is 2. The summed E-state index contributed by atoms with van der Waals surface area (Å²) in [7, 11) is 0. The topological polar surface area (TPSA) is 39.5 Å². The monoisotopic (exact) mass is 400 g/mol. The number of aromatic nitrogens is 5. The molecule has 1 aliphatic rings. The van der Waals surface area contributed by atoms with Gasteiger partial charge in [0, 0.05) is 18.1 Å². The highest BCUT2D eigenvalue weighted by Crippen LogP contribution is 2.38. The van der Waals surface area contributed by atoms with Crippen LogP contribution in [0.1, 0.15) is 5.69 Å². The molecule has 0 amide bonds. The lowest BCUT2D eigenvalue weighted by Gasteiger charge is -2.08. The molecular weight excluding hydrogens is 382 g/mol. The van der Waals surface area contributed by atoms with Crippen LogP contribution in [0.2, 0.25) is 0 Å². The Bertz CT molecular complexity index is 1590. The molecule has 0 spiro atoms. The second kappa shape index (κ2) is 6.12. The number of para-hydroxylation sites is 2. The number of rotatable bonds is 2. The Morgan fingerprint density at radius 1 is 0.677 bits per heavy atom. The smallest absolute Gasteiger partial charge is 0.271 e. The molecule has 0 unspecified atom stereocenters. The largest absolute Gasteiger partial charge is 0.298 e. The molecule has 146 valence electrons. The lowest BCUT2D eigenvalue weighted by molar-refractivity contribution is -0.645. The van der Waals surface area contributed by atoms with Crippen molar-refractivity contribution in [1.29, 1.82) is 0 Å². The summed E-state index contributed by atoms with van der Waals surface area (Å²) < 4.78 is 7.05. The molecule has 2 aromatic carbocycles. The Kier molecular flexibility index (Phi) is 3.27. The van der Waals surface area contributed by atoms with Gasteiger partial charge in [0.15, 0.2) is 0 Å². The minimum Gasteiger partial charge on any atom is -0.271 e. The van der Waals surface area contributed by atoms with Gasteiger partial charge in [0.05, 0.1) is 16.8 Å². The van der Waals surface area contributed by atoms with Crippen molar-refractivity contribution in [2.45, 2.75) is 6.54 Å². The molecule has 31 heavy (non-hydrogen) atoms. The number of hydrogen-bond donors (Lipinski definition) is 0. The van der Waals surface area contributed by atoms with Crippen LogP contribution in [-0.2, 0) is 6.54 Å². The fourth-order valence-electron chi connectivity index (χ4n) is 4.86. The van der Waals surface area contributed by atoms with Crippen molar-refractivity contribution >= 4 is 22.2 Å². The SMILES string of the molecule is c1ccc(-n2c3[n+](c4c5ncccc5n(-c5ccccc5)c42)Cc2ncccc2-3)cc1. The van der Waals surface area contributed by atoms with Crippen LogP contribution in [0.25, 0.3) is 45.0 Å². The highest BCUT2D eigenvalue weighted by Gasteiger charge is 2.39. The normalized spacial score (nSPS) is 12.4. The number of imidazole rings is 1. The van der Waals surface area contributed by atoms with Gasteiger partial charge in [-0.1, -0.05) is 36.4 Å². The third-order valence-electron chi connectivity index (χ3n) is 6.09. The molecule has 0 bridgehead atoms. The Hall–Kier alpha value is -4.25. The molecule has 0 saturated heterocycles. The molecule has 0 aliphatic carbocycles. The molecular formula is C26H18N5+. The quantitative estimate of drug-likeness (QED) is 0.395. The van der Waals surface area contributed by atoms with E-state index in [4.69, 9.17) is 4.98 Å². The van der Waals surface area contributed by atoms with E-state index in [9.17, 15) is 0 Å². The Labute approximate surface area is 178 Å². The predicted molar refractivity (Wildman–Crippen MR) is 120 cm³/mol. The van der Waals surface area contributed by atoms with E-state index in [1.807, 2.05) is 24.5 Å². The standard InChI is InChI=1S/C26H18N5/c1-3-9-18(10-4-1)30-22-14-8-16-28-23(22)24-26(30)31(19-11-5-2-6-12-19)25-20-13-7-15-27-21(20)17-29(24)25/h1-16H,17H2/q+1. The molecule has 5 nitrogen and oxygen atoms in total. The molecule has 0 N–H and O–H groups in total. The highest BCUT2D eigenvalue weighted by molar-refractivity contribution is 6.03. The van der Waals surface area contributed by atoms with E-state index in [0.717, 1.165) is 51.6 Å². The Morgan fingerprint density at radius 2 is 1.35 bits per heavy atom. The lowest BCUT2D eigenvalue weighted by Crippen LogP contribution is -2.31. The van der Waals surface area contributed by atoms with Crippen LogP contribution in [0.5, 0.6) is 0 Å². The van der Waals surface area contributed by atoms with Crippen molar-refractivity contribution in [1.82, 2.24) is 19.1 Å². The minimum atomic E-state index is 0.742. The van der Waals surface area contributed by atoms with Gasteiger partial charge in [-0.3, -0.25) is 9.55 Å². The summed E-state index contributed by atoms with van der Waals surface area (Å²) in [5.41, 5.74) is 8.88. The second-order valence-electron chi connectivity index (χ2n) is 7.79. The van der Waals surface area contributed by atoms with E-state index in [1.165, 1.54) is 5.56 Å². The van der Waals surface area contributed by atoms with E-state index in [1.54, 1.807) is 0 Å². The first-order valence-electron chi connectivity index (χ1n) is 10.4. The summed E-state index contributed by atoms with van der Waals surface area (Å²) in [6.07, 6.45) is 3.76. The number of pyridine rings is 2. The van der Waals surface area contributed by atoms with Crippen molar-refractivity contribution in [3.05, 3.63) is 103 Å². The van der Waals surface area contributed by atoms with Gasteiger partial charge in [-0.05, 0) is 48.5 Å². The van der Waals surface area contributed by atoms with Crippen LogP contribution in [0, 0.1) is 0 Å². The summed E-state index contributed by atoms with van der Waals surface area (Å²) in [5, 5.41) is 0. The van der Waals surface area contributed by atoms with Gasteiger partial charge < -0.3 is 0 Å². The molecule has 5 heterocycles. The summed E-state index contributed by atoms with van der Waals surface area (Å²) in [4.78, 5) is 9.50. The molecule has 1 aliphatic heterocycles. The van der Waals surface area contributed by atoms with Crippen LogP contribution in [0.3, 0.4) is 0 Å². The van der Waals surface area contributed by atoms with E-state index in [-0.39, 0.29) is 0 Å². The maximum atomic E-state index is 4.83. The highest BCUT2D eigenvalue weighted by atomic mass is 15.3. The van der Waals surface area contributed by atoms with E-state index >= 15 is 0 Å². The van der Waals surface area contributed by atoms with Gasteiger partial charge in [-0.2, -0.15) is 4.57 Å². The molecule has 0 fully saturated rings. The molecule has 7 rings (SSSR count). The maximum Gasteiger partial charge on any atom is 0.298 e. The van der Waals surface area contributed by atoms with Crippen molar-refractivity contribution < 1.29 is 4.57 Å². The fraction of sp³-hybridized carbons (Fsp3) is 0.0385. The van der Waals surface area contributed by atoms with Gasteiger partial charge >= 0.3 is 0 Å². The number of fused-ring (bicyclic) bond motifs is 7. The molecule has 0 saturated carbocycles. The molecule has 0 atom stereocenters. The average molecular weight is 400 g/mol. The predicted octanol–water partition coefficient (Wildman–Crippen LogP) is 4.68. The molecule has 5 heteroatoms. The summed E-state index contributed by atoms with van der Waals surface area (Å²) in [6, 6.07) is 29.4. The van der Waals surface area contributed by atoms with Gasteiger partial charge in [0.1, 0.15) is 17.7 Å². The second-order valence-corrected chi connectivity index (χ2v) is 7.79. The van der Waals surface area contributed by atoms with Crippen LogP contribution >= 0.6 is 0 Å². The summed E-state index contributed by atoms with van der Waals surface area (Å²) >= 11 is 0. The first kappa shape index (κ1) is 16.5. The molecule has 0 radical (unpaired) electrons. The Morgan fingerprint density at radius 3 is 2.13 bits per heavy atom. The molecule has 6 aromatic rings. The Balaban J connectivity index is 1.74. The zero-order valence-electron chi connectivity index (χ0n) is 16.7. The number of nitrogens with zero attached hydrogens (tertiary/aromatic N) is 5. The molecule has 4 aromatic heterocycles.